The van der Waals surface area contributed by atoms with Crippen LogP contribution >= 0.6 is 11.3 Å². The van der Waals surface area contributed by atoms with Crippen molar-refractivity contribution in [2.75, 3.05) is 57.4 Å². The van der Waals surface area contributed by atoms with Crippen LogP contribution in [-0.4, -0.2) is 131 Å². The Balaban J connectivity index is 0.000000316. The first-order valence-corrected chi connectivity index (χ1v) is 24.3. The van der Waals surface area contributed by atoms with Crippen LogP contribution in [-0.2, 0) is 16.1 Å². The van der Waals surface area contributed by atoms with Crippen molar-refractivity contribution >= 4 is 79.5 Å². The van der Waals surface area contributed by atoms with Crippen LogP contribution in [0.5, 0.6) is 0 Å². The van der Waals surface area contributed by atoms with E-state index < -0.39 is 25.3 Å². The van der Waals surface area contributed by atoms with Crippen LogP contribution in [0.3, 0.4) is 0 Å². The normalized spacial score (nSPS) is 17.1. The summed E-state index contributed by atoms with van der Waals surface area (Å²) in [5, 5.41) is 1.06. The fraction of sp³-hybridized carbons (Fsp3) is 0.800. The summed E-state index contributed by atoms with van der Waals surface area (Å²) in [7, 11) is 0. The summed E-state index contributed by atoms with van der Waals surface area (Å²) in [5.74, 6) is 0.671. The van der Waals surface area contributed by atoms with Crippen molar-refractivity contribution in [3.63, 3.8) is 0 Å². The van der Waals surface area contributed by atoms with Gasteiger partial charge < -0.3 is 5.73 Å². The molecule has 2 aliphatic heterocycles. The molecule has 2 aromatic heterocycles. The van der Waals surface area contributed by atoms with E-state index in [2.05, 4.69) is 40.5 Å². The van der Waals surface area contributed by atoms with Crippen molar-refractivity contribution in [1.29, 1.82) is 0 Å². The molecule has 42 heavy (non-hydrogen) atoms. The zero-order valence-corrected chi connectivity index (χ0v) is 33.2. The minimum absolute atomic E-state index is 0.274. The van der Waals surface area contributed by atoms with E-state index in [1.54, 1.807) is 24.6 Å². The number of primary amides is 1. The van der Waals surface area contributed by atoms with E-state index in [4.69, 9.17) is 20.4 Å². The third-order valence-corrected chi connectivity index (χ3v) is 19.0. The molecule has 0 bridgehead atoms. The van der Waals surface area contributed by atoms with Crippen LogP contribution in [0.1, 0.15) is 78.2 Å². The van der Waals surface area contributed by atoms with Crippen LogP contribution < -0.4 is 14.5 Å². The number of nitrogens with two attached hydrogens (primary N) is 1. The quantitative estimate of drug-likeness (QED) is 0.287. The second-order valence-electron chi connectivity index (χ2n) is 12.0. The van der Waals surface area contributed by atoms with E-state index in [9.17, 15) is 4.79 Å². The summed E-state index contributed by atoms with van der Waals surface area (Å²) in [6.07, 6.45) is 8.85. The number of ether oxygens (including phenoxy) is 1. The van der Waals surface area contributed by atoms with Gasteiger partial charge in [-0.2, -0.15) is 0 Å². The summed E-state index contributed by atoms with van der Waals surface area (Å²) in [5.41, 5.74) is 5.87. The Bertz CT molecular complexity index is 1070. The van der Waals surface area contributed by atoms with E-state index in [1.807, 2.05) is 13.8 Å². The number of thiazole rings is 1. The average molecular weight is 813 g/mol. The molecule has 1 amide bonds. The number of morpholine rings is 1. The van der Waals surface area contributed by atoms with Crippen molar-refractivity contribution in [2.24, 2.45) is 5.73 Å². The second-order valence-corrected chi connectivity index (χ2v) is 22.9. The van der Waals surface area contributed by atoms with E-state index in [0.717, 1.165) is 84.0 Å². The SMILES string of the molecule is CC(C)(C(N)=O)N1CCN(Cc2nc3c(N4CCOCC4)n[c]([Sn])nc3s2)CC1.CCC[CH2][Sn]([CH2]CCC)[CH2]CCC. The molecular weight excluding hydrogens is 760 g/mol. The number of carbonyl (C=O) groups excluding carboxylic acids is 1. The molecule has 2 aromatic rings. The third kappa shape index (κ3) is 11.0. The second kappa shape index (κ2) is 18.6. The zero-order chi connectivity index (χ0) is 30.5. The first-order chi connectivity index (χ1) is 20.2. The Hall–Kier alpha value is -0.283. The molecule has 0 saturated carbocycles. The number of rotatable bonds is 14. The predicted molar refractivity (Wildman–Crippen MR) is 179 cm³/mol. The van der Waals surface area contributed by atoms with Crippen LogP contribution in [0, 0.1) is 0 Å². The Labute approximate surface area is 278 Å². The molecule has 4 rings (SSSR count). The topological polar surface area (TPSA) is 101 Å². The molecule has 0 aliphatic carbocycles. The molecule has 4 radical (unpaired) electrons. The van der Waals surface area contributed by atoms with Gasteiger partial charge in [0.2, 0.25) is 0 Å². The molecule has 2 fully saturated rings. The number of aromatic nitrogens is 3. The number of carbonyl (C=O) groups is 1. The molecule has 9 nitrogen and oxygen atoms in total. The molecule has 4 heterocycles. The monoisotopic (exact) mass is 815 g/mol. The van der Waals surface area contributed by atoms with Gasteiger partial charge in [-0.05, 0) is 0 Å². The van der Waals surface area contributed by atoms with Crippen LogP contribution in [0.15, 0.2) is 0 Å². The first kappa shape index (κ1) is 36.2. The molecule has 0 aromatic carbocycles. The molecule has 0 unspecified atom stereocenters. The van der Waals surface area contributed by atoms with Gasteiger partial charge in [-0.25, -0.2) is 0 Å². The number of unbranched alkanes of at least 4 members (excludes halogenated alkanes) is 3. The fourth-order valence-electron chi connectivity index (χ4n) is 5.38. The first-order valence-electron chi connectivity index (χ1n) is 16.0. The van der Waals surface area contributed by atoms with Gasteiger partial charge in [0.1, 0.15) is 0 Å². The van der Waals surface area contributed by atoms with Crippen molar-refractivity contribution in [3.05, 3.63) is 5.01 Å². The minimum atomic E-state index is -0.839. The number of piperazine rings is 1. The Kier molecular flexibility index (Phi) is 16.1. The van der Waals surface area contributed by atoms with E-state index in [0.29, 0.717) is 0 Å². The maximum absolute atomic E-state index is 11.7. The summed E-state index contributed by atoms with van der Waals surface area (Å²) in [6.45, 7) is 18.1. The Morgan fingerprint density at radius 3 is 2.02 bits per heavy atom. The van der Waals surface area contributed by atoms with Gasteiger partial charge in [0.05, 0.1) is 0 Å². The van der Waals surface area contributed by atoms with E-state index >= 15 is 0 Å². The number of fused-ring (bicyclic) bond motifs is 1. The number of nitrogens with zero attached hydrogens (tertiary/aromatic N) is 6. The molecule has 234 valence electrons. The van der Waals surface area contributed by atoms with Gasteiger partial charge in [-0.1, -0.05) is 0 Å². The van der Waals surface area contributed by atoms with Gasteiger partial charge in [0.15, 0.2) is 0 Å². The number of hydrogen-bond acceptors (Lipinski definition) is 9. The van der Waals surface area contributed by atoms with Gasteiger partial charge in [-0.3, -0.25) is 4.79 Å². The zero-order valence-electron chi connectivity index (χ0n) is 26.7. The van der Waals surface area contributed by atoms with Crippen molar-refractivity contribution in [1.82, 2.24) is 24.8 Å². The number of hydrogen-bond donors (Lipinski definition) is 1. The van der Waals surface area contributed by atoms with Crippen molar-refractivity contribution in [3.8, 4) is 0 Å². The fourth-order valence-corrected chi connectivity index (χ4v) is 16.7. The average Bonchev–Trinajstić information content (AvgIpc) is 3.39. The number of anilines is 1. The van der Waals surface area contributed by atoms with Gasteiger partial charge in [0.25, 0.3) is 0 Å². The molecule has 12 heteroatoms. The summed E-state index contributed by atoms with van der Waals surface area (Å²) < 4.78 is 11.4. The standard InChI is InChI=1S/C18H26N7O2S.3C4H9.2Sn/c1-18(2,17(19)26)25-5-3-23(4-6-25)11-13-22-14-15(20-12-21-16(14)28-13)24-7-9-27-10-8-24;3*1-3-4-2;;/h3-11H2,1-2H3,(H2,19,26);3*1,3-4H2,2H3;;. The summed E-state index contributed by atoms with van der Waals surface area (Å²) in [4.78, 5) is 33.8. The molecule has 2 saturated heterocycles. The number of amides is 1. The molecular formula is C30H53N7O2SSn2. The summed E-state index contributed by atoms with van der Waals surface area (Å²) in [6, 6.07) is 0. The maximum atomic E-state index is 11.7. The Morgan fingerprint density at radius 1 is 0.929 bits per heavy atom. The predicted octanol–water partition coefficient (Wildman–Crippen LogP) is 3.98. The van der Waals surface area contributed by atoms with Crippen LogP contribution in [0.4, 0.5) is 5.82 Å². The summed E-state index contributed by atoms with van der Waals surface area (Å²) >= 11 is 2.03. The molecule has 0 spiro atoms. The van der Waals surface area contributed by atoms with E-state index in [-0.39, 0.29) is 5.91 Å². The molecule has 2 aliphatic rings. The Morgan fingerprint density at radius 2 is 1.50 bits per heavy atom. The van der Waals surface area contributed by atoms with Crippen molar-refractivity contribution in [2.45, 2.75) is 98.5 Å². The van der Waals surface area contributed by atoms with Crippen LogP contribution in [0.25, 0.3) is 10.3 Å². The van der Waals surface area contributed by atoms with Gasteiger partial charge in [0, 0.05) is 0 Å². The van der Waals surface area contributed by atoms with Gasteiger partial charge >= 0.3 is 270 Å². The van der Waals surface area contributed by atoms with Crippen molar-refractivity contribution < 1.29 is 9.53 Å². The third-order valence-electron chi connectivity index (χ3n) is 8.37. The van der Waals surface area contributed by atoms with Gasteiger partial charge in [-0.15, -0.1) is 0 Å². The molecule has 0 atom stereocenters. The van der Waals surface area contributed by atoms with E-state index in [1.165, 1.54) is 61.0 Å². The van der Waals surface area contributed by atoms with Crippen LogP contribution in [0.2, 0.25) is 13.3 Å². The molecule has 2 N–H and O–H groups in total.